The fourth-order valence-electron chi connectivity index (χ4n) is 1.44. The Morgan fingerprint density at radius 2 is 2.21 bits per heavy atom. The van der Waals surface area contributed by atoms with Crippen LogP contribution in [0.3, 0.4) is 0 Å². The third kappa shape index (κ3) is 5.80. The SMILES string of the molecule is CC(C)CNC(=O)C(C)NCc1cn(CCO)nn1. The number of carbonyl (C=O) groups excluding carboxylic acids is 1. The highest BCUT2D eigenvalue weighted by atomic mass is 16.3. The molecule has 19 heavy (non-hydrogen) atoms. The summed E-state index contributed by atoms with van der Waals surface area (Å²) < 4.78 is 1.57. The topological polar surface area (TPSA) is 92.1 Å². The molecule has 1 aromatic heterocycles. The summed E-state index contributed by atoms with van der Waals surface area (Å²) in [5.41, 5.74) is 0.747. The van der Waals surface area contributed by atoms with Crippen molar-refractivity contribution in [1.82, 2.24) is 25.6 Å². The highest BCUT2D eigenvalue weighted by Crippen LogP contribution is 1.95. The average molecular weight is 269 g/mol. The number of hydrogen-bond acceptors (Lipinski definition) is 5. The van der Waals surface area contributed by atoms with E-state index in [4.69, 9.17) is 5.11 Å². The number of aromatic nitrogens is 3. The van der Waals surface area contributed by atoms with Crippen LogP contribution < -0.4 is 10.6 Å². The van der Waals surface area contributed by atoms with E-state index in [9.17, 15) is 4.79 Å². The van der Waals surface area contributed by atoms with Gasteiger partial charge in [-0.2, -0.15) is 0 Å². The van der Waals surface area contributed by atoms with E-state index in [1.165, 1.54) is 0 Å². The maximum atomic E-state index is 11.7. The Labute approximate surface area is 113 Å². The molecule has 0 bridgehead atoms. The maximum Gasteiger partial charge on any atom is 0.236 e. The lowest BCUT2D eigenvalue weighted by molar-refractivity contribution is -0.122. The fraction of sp³-hybridized carbons (Fsp3) is 0.750. The van der Waals surface area contributed by atoms with Crippen molar-refractivity contribution in [2.24, 2.45) is 5.92 Å². The lowest BCUT2D eigenvalue weighted by atomic mass is 10.2. The normalized spacial score (nSPS) is 12.7. The molecule has 108 valence electrons. The molecule has 0 radical (unpaired) electrons. The van der Waals surface area contributed by atoms with Crippen LogP contribution in [-0.2, 0) is 17.9 Å². The van der Waals surface area contributed by atoms with Crippen LogP contribution in [0.15, 0.2) is 6.20 Å². The monoisotopic (exact) mass is 269 g/mol. The van der Waals surface area contributed by atoms with E-state index in [2.05, 4.69) is 34.8 Å². The second-order valence-corrected chi connectivity index (χ2v) is 4.94. The van der Waals surface area contributed by atoms with Crippen LogP contribution in [0.4, 0.5) is 0 Å². The van der Waals surface area contributed by atoms with E-state index in [0.717, 1.165) is 5.69 Å². The maximum absolute atomic E-state index is 11.7. The summed E-state index contributed by atoms with van der Waals surface area (Å²) in [6, 6.07) is -0.276. The fourth-order valence-corrected chi connectivity index (χ4v) is 1.44. The highest BCUT2D eigenvalue weighted by Gasteiger charge is 2.12. The van der Waals surface area contributed by atoms with E-state index in [1.807, 2.05) is 6.92 Å². The van der Waals surface area contributed by atoms with Crippen LogP contribution in [-0.4, -0.2) is 45.2 Å². The van der Waals surface area contributed by atoms with E-state index in [0.29, 0.717) is 25.6 Å². The number of amides is 1. The van der Waals surface area contributed by atoms with Gasteiger partial charge in [0.25, 0.3) is 0 Å². The van der Waals surface area contributed by atoms with Crippen molar-refractivity contribution in [3.8, 4) is 0 Å². The predicted molar refractivity (Wildman–Crippen MR) is 71.3 cm³/mol. The van der Waals surface area contributed by atoms with E-state index < -0.39 is 0 Å². The lowest BCUT2D eigenvalue weighted by Gasteiger charge is -2.14. The van der Waals surface area contributed by atoms with Crippen molar-refractivity contribution in [2.75, 3.05) is 13.2 Å². The van der Waals surface area contributed by atoms with Crippen molar-refractivity contribution >= 4 is 5.91 Å². The summed E-state index contributed by atoms with van der Waals surface area (Å²) in [5.74, 6) is 0.422. The zero-order valence-corrected chi connectivity index (χ0v) is 11.8. The first-order valence-corrected chi connectivity index (χ1v) is 6.54. The molecule has 3 N–H and O–H groups in total. The Morgan fingerprint density at radius 1 is 1.47 bits per heavy atom. The minimum atomic E-state index is -0.276. The Kier molecular flexibility index (Phi) is 6.44. The smallest absolute Gasteiger partial charge is 0.236 e. The highest BCUT2D eigenvalue weighted by molar-refractivity contribution is 5.81. The van der Waals surface area contributed by atoms with Gasteiger partial charge in [-0.05, 0) is 12.8 Å². The first-order valence-electron chi connectivity index (χ1n) is 6.54. The number of nitrogens with zero attached hydrogens (tertiary/aromatic N) is 3. The van der Waals surface area contributed by atoms with Gasteiger partial charge in [-0.15, -0.1) is 5.10 Å². The second kappa shape index (κ2) is 7.85. The van der Waals surface area contributed by atoms with Crippen LogP contribution in [0.25, 0.3) is 0 Å². The van der Waals surface area contributed by atoms with Gasteiger partial charge < -0.3 is 15.7 Å². The van der Waals surface area contributed by atoms with Gasteiger partial charge in [0.05, 0.1) is 24.9 Å². The Hall–Kier alpha value is -1.47. The molecule has 7 nitrogen and oxygen atoms in total. The first kappa shape index (κ1) is 15.6. The third-order valence-corrected chi connectivity index (χ3v) is 2.58. The molecule has 1 rings (SSSR count). The molecule has 0 saturated heterocycles. The van der Waals surface area contributed by atoms with E-state index >= 15 is 0 Å². The Bertz CT molecular complexity index is 391. The molecule has 0 aliphatic heterocycles. The van der Waals surface area contributed by atoms with Gasteiger partial charge in [0.15, 0.2) is 0 Å². The van der Waals surface area contributed by atoms with Crippen LogP contribution in [0.1, 0.15) is 26.5 Å². The Morgan fingerprint density at radius 3 is 2.84 bits per heavy atom. The number of carbonyl (C=O) groups is 1. The quantitative estimate of drug-likeness (QED) is 0.593. The van der Waals surface area contributed by atoms with Crippen LogP contribution in [0, 0.1) is 5.92 Å². The van der Waals surface area contributed by atoms with Gasteiger partial charge in [0.2, 0.25) is 5.91 Å². The van der Waals surface area contributed by atoms with Crippen molar-refractivity contribution in [3.63, 3.8) is 0 Å². The van der Waals surface area contributed by atoms with Gasteiger partial charge in [-0.1, -0.05) is 19.1 Å². The van der Waals surface area contributed by atoms with Gasteiger partial charge in [0.1, 0.15) is 0 Å². The van der Waals surface area contributed by atoms with Gasteiger partial charge in [-0.3, -0.25) is 4.79 Å². The molecule has 0 fully saturated rings. The second-order valence-electron chi connectivity index (χ2n) is 4.94. The van der Waals surface area contributed by atoms with Crippen LogP contribution in [0.5, 0.6) is 0 Å². The first-order chi connectivity index (χ1) is 9.02. The molecule has 1 heterocycles. The van der Waals surface area contributed by atoms with Gasteiger partial charge in [-0.25, -0.2) is 4.68 Å². The van der Waals surface area contributed by atoms with Crippen molar-refractivity contribution in [2.45, 2.75) is 39.9 Å². The molecule has 1 atom stereocenters. The number of hydrogen-bond donors (Lipinski definition) is 3. The Balaban J connectivity index is 2.32. The minimum absolute atomic E-state index is 0.0172. The zero-order chi connectivity index (χ0) is 14.3. The summed E-state index contributed by atoms with van der Waals surface area (Å²) in [4.78, 5) is 11.7. The summed E-state index contributed by atoms with van der Waals surface area (Å²) in [7, 11) is 0. The minimum Gasteiger partial charge on any atom is -0.394 e. The molecular formula is C12H23N5O2. The zero-order valence-electron chi connectivity index (χ0n) is 11.8. The number of nitrogens with one attached hydrogen (secondary N) is 2. The molecule has 1 unspecified atom stereocenters. The van der Waals surface area contributed by atoms with E-state index in [1.54, 1.807) is 10.9 Å². The number of aliphatic hydroxyl groups excluding tert-OH is 1. The van der Waals surface area contributed by atoms with Gasteiger partial charge in [0, 0.05) is 19.3 Å². The standard InChI is InChI=1S/C12H23N5O2/c1-9(2)6-14-12(19)10(3)13-7-11-8-17(4-5-18)16-15-11/h8-10,13,18H,4-7H2,1-3H3,(H,14,19). The van der Waals surface area contributed by atoms with Crippen LogP contribution in [0.2, 0.25) is 0 Å². The van der Waals surface area contributed by atoms with Gasteiger partial charge >= 0.3 is 0 Å². The number of rotatable bonds is 8. The summed E-state index contributed by atoms with van der Waals surface area (Å²) in [6.07, 6.45) is 1.75. The third-order valence-electron chi connectivity index (χ3n) is 2.58. The van der Waals surface area contributed by atoms with Crippen molar-refractivity contribution in [1.29, 1.82) is 0 Å². The molecule has 0 aliphatic carbocycles. The average Bonchev–Trinajstić information content (AvgIpc) is 2.81. The molecule has 0 spiro atoms. The molecule has 1 amide bonds. The largest absolute Gasteiger partial charge is 0.394 e. The lowest BCUT2D eigenvalue weighted by Crippen LogP contribution is -2.43. The molecular weight excluding hydrogens is 246 g/mol. The molecule has 0 aromatic carbocycles. The van der Waals surface area contributed by atoms with Crippen LogP contribution >= 0.6 is 0 Å². The predicted octanol–water partition coefficient (Wildman–Crippen LogP) is -0.479. The van der Waals surface area contributed by atoms with Crippen molar-refractivity contribution < 1.29 is 9.90 Å². The summed E-state index contributed by atoms with van der Waals surface area (Å²) >= 11 is 0. The molecule has 1 aromatic rings. The molecule has 7 heteroatoms. The molecule has 0 saturated carbocycles. The van der Waals surface area contributed by atoms with Crippen molar-refractivity contribution in [3.05, 3.63) is 11.9 Å². The number of aliphatic hydroxyl groups is 1. The van der Waals surface area contributed by atoms with E-state index in [-0.39, 0.29) is 18.6 Å². The summed E-state index contributed by atoms with van der Waals surface area (Å²) in [6.45, 7) is 7.53. The molecule has 0 aliphatic rings. The summed E-state index contributed by atoms with van der Waals surface area (Å²) in [5, 5.41) is 22.5.